The van der Waals surface area contributed by atoms with Crippen molar-refractivity contribution in [3.05, 3.63) is 21.9 Å². The number of thiophene rings is 1. The minimum Gasteiger partial charge on any atom is -0.465 e. The second kappa shape index (κ2) is 5.05. The third-order valence-electron chi connectivity index (χ3n) is 1.33. The van der Waals surface area contributed by atoms with E-state index >= 15 is 0 Å². The molecule has 0 N–H and O–H groups in total. The zero-order chi connectivity index (χ0) is 9.68. The van der Waals surface area contributed by atoms with Gasteiger partial charge in [0.25, 0.3) is 0 Å². The summed E-state index contributed by atoms with van der Waals surface area (Å²) >= 11 is 4.53. The number of hydrogen-bond acceptors (Lipinski definition) is 3. The highest BCUT2D eigenvalue weighted by Gasteiger charge is 2.11. The molecule has 2 nitrogen and oxygen atoms in total. The molecule has 0 fully saturated rings. The minimum atomic E-state index is -0.325. The van der Waals surface area contributed by atoms with E-state index in [0.717, 1.165) is 5.56 Å². The number of esters is 1. The molecule has 0 saturated heterocycles. The SMILES string of the molecule is COC(=O)c1sccc1C#CCBr. The molecule has 0 aliphatic rings. The second-order valence-electron chi connectivity index (χ2n) is 2.09. The van der Waals surface area contributed by atoms with Crippen LogP contribution in [0.2, 0.25) is 0 Å². The largest absolute Gasteiger partial charge is 0.465 e. The molecule has 0 spiro atoms. The number of carbonyl (C=O) groups excluding carboxylic acids is 1. The Morgan fingerprint density at radius 1 is 1.77 bits per heavy atom. The Hall–Kier alpha value is -0.790. The van der Waals surface area contributed by atoms with Crippen LogP contribution in [0.25, 0.3) is 0 Å². The normalized spacial score (nSPS) is 8.77. The Balaban J connectivity index is 2.96. The lowest BCUT2D eigenvalue weighted by molar-refractivity contribution is 0.0606. The van der Waals surface area contributed by atoms with Crippen LogP contribution in [0.15, 0.2) is 11.4 Å². The van der Waals surface area contributed by atoms with Gasteiger partial charge in [-0.1, -0.05) is 27.8 Å². The maximum Gasteiger partial charge on any atom is 0.349 e. The number of methoxy groups -OCH3 is 1. The van der Waals surface area contributed by atoms with Gasteiger partial charge in [-0.3, -0.25) is 0 Å². The van der Waals surface area contributed by atoms with E-state index in [4.69, 9.17) is 0 Å². The van der Waals surface area contributed by atoms with Crippen molar-refractivity contribution in [1.29, 1.82) is 0 Å². The second-order valence-corrected chi connectivity index (χ2v) is 3.57. The first-order chi connectivity index (χ1) is 6.29. The molecule has 0 aliphatic heterocycles. The molecule has 0 amide bonds. The summed E-state index contributed by atoms with van der Waals surface area (Å²) in [6.45, 7) is 0. The van der Waals surface area contributed by atoms with Crippen molar-refractivity contribution in [3.63, 3.8) is 0 Å². The smallest absolute Gasteiger partial charge is 0.349 e. The number of carbonyl (C=O) groups is 1. The Morgan fingerprint density at radius 2 is 2.54 bits per heavy atom. The number of hydrogen-bond donors (Lipinski definition) is 0. The first kappa shape index (κ1) is 10.3. The predicted molar refractivity (Wildman–Crippen MR) is 56.3 cm³/mol. The monoisotopic (exact) mass is 258 g/mol. The third kappa shape index (κ3) is 2.58. The summed E-state index contributed by atoms with van der Waals surface area (Å²) in [5, 5.41) is 2.42. The van der Waals surface area contributed by atoms with Crippen LogP contribution in [0, 0.1) is 11.8 Å². The number of alkyl halides is 1. The fourth-order valence-corrected chi connectivity index (χ4v) is 1.69. The molecule has 0 aromatic carbocycles. The van der Waals surface area contributed by atoms with E-state index in [1.165, 1.54) is 18.4 Å². The molecule has 0 bridgehead atoms. The van der Waals surface area contributed by atoms with Crippen LogP contribution >= 0.6 is 27.3 Å². The van der Waals surface area contributed by atoms with Crippen LogP contribution in [0.4, 0.5) is 0 Å². The van der Waals surface area contributed by atoms with E-state index in [1.54, 1.807) is 0 Å². The molecule has 1 aromatic rings. The highest BCUT2D eigenvalue weighted by Crippen LogP contribution is 2.16. The average Bonchev–Trinajstić information content (AvgIpc) is 2.61. The van der Waals surface area contributed by atoms with Gasteiger partial charge in [0, 0.05) is 5.56 Å². The molecule has 0 unspecified atom stereocenters. The molecular weight excluding hydrogens is 252 g/mol. The first-order valence-corrected chi connectivity index (χ1v) is 5.50. The molecule has 4 heteroatoms. The van der Waals surface area contributed by atoms with Crippen molar-refractivity contribution in [1.82, 2.24) is 0 Å². The molecule has 0 radical (unpaired) electrons. The standard InChI is InChI=1S/C9H7BrO2S/c1-12-9(11)8-7(3-2-5-10)4-6-13-8/h4,6H,5H2,1H3. The first-order valence-electron chi connectivity index (χ1n) is 3.50. The highest BCUT2D eigenvalue weighted by atomic mass is 79.9. The molecule has 1 heterocycles. The molecule has 0 atom stereocenters. The maximum absolute atomic E-state index is 11.2. The summed E-state index contributed by atoms with van der Waals surface area (Å²) in [4.78, 5) is 11.7. The fourth-order valence-electron chi connectivity index (χ4n) is 0.787. The highest BCUT2D eigenvalue weighted by molar-refractivity contribution is 9.09. The Bertz CT molecular complexity index is 359. The van der Waals surface area contributed by atoms with E-state index in [-0.39, 0.29) is 5.97 Å². The molecule has 1 rings (SSSR count). The van der Waals surface area contributed by atoms with Gasteiger partial charge in [-0.2, -0.15) is 0 Å². The fraction of sp³-hybridized carbons (Fsp3) is 0.222. The van der Waals surface area contributed by atoms with Crippen LogP contribution in [0.3, 0.4) is 0 Å². The third-order valence-corrected chi connectivity index (χ3v) is 2.50. The van der Waals surface area contributed by atoms with E-state index in [2.05, 4.69) is 32.5 Å². The summed E-state index contributed by atoms with van der Waals surface area (Å²) in [6.07, 6.45) is 0. The van der Waals surface area contributed by atoms with Gasteiger partial charge < -0.3 is 4.74 Å². The van der Waals surface area contributed by atoms with Crippen LogP contribution in [-0.2, 0) is 4.74 Å². The Morgan fingerprint density at radius 3 is 3.15 bits per heavy atom. The van der Waals surface area contributed by atoms with Crippen LogP contribution in [-0.4, -0.2) is 18.4 Å². The Labute approximate surface area is 89.0 Å². The van der Waals surface area contributed by atoms with E-state index in [9.17, 15) is 4.79 Å². The zero-order valence-corrected chi connectivity index (χ0v) is 9.37. The van der Waals surface area contributed by atoms with E-state index in [1.807, 2.05) is 11.4 Å². The quantitative estimate of drug-likeness (QED) is 0.439. The van der Waals surface area contributed by atoms with Crippen molar-refractivity contribution in [2.75, 3.05) is 12.4 Å². The number of rotatable bonds is 1. The van der Waals surface area contributed by atoms with Gasteiger partial charge in [-0.25, -0.2) is 4.79 Å². The number of halogens is 1. The predicted octanol–water partition coefficient (Wildman–Crippen LogP) is 2.28. The van der Waals surface area contributed by atoms with Gasteiger partial charge in [0.1, 0.15) is 4.88 Å². The molecule has 0 saturated carbocycles. The van der Waals surface area contributed by atoms with Gasteiger partial charge in [-0.05, 0) is 11.4 Å². The topological polar surface area (TPSA) is 26.3 Å². The molecule has 13 heavy (non-hydrogen) atoms. The summed E-state index contributed by atoms with van der Waals surface area (Å²) in [5.74, 6) is 5.38. The van der Waals surface area contributed by atoms with E-state index < -0.39 is 0 Å². The lowest BCUT2D eigenvalue weighted by atomic mass is 10.2. The summed E-state index contributed by atoms with van der Waals surface area (Å²) < 4.78 is 4.61. The van der Waals surface area contributed by atoms with Crippen molar-refractivity contribution in [2.24, 2.45) is 0 Å². The summed E-state index contributed by atoms with van der Waals surface area (Å²) in [5.41, 5.74) is 0.733. The molecule has 0 aliphatic carbocycles. The van der Waals surface area contributed by atoms with Gasteiger partial charge in [-0.15, -0.1) is 11.3 Å². The maximum atomic E-state index is 11.2. The lowest BCUT2D eigenvalue weighted by Gasteiger charge is -1.94. The van der Waals surface area contributed by atoms with Crippen molar-refractivity contribution >= 4 is 33.2 Å². The average molecular weight is 259 g/mol. The zero-order valence-electron chi connectivity index (χ0n) is 6.96. The Kier molecular flexibility index (Phi) is 4.00. The molecule has 68 valence electrons. The van der Waals surface area contributed by atoms with Gasteiger partial charge >= 0.3 is 5.97 Å². The van der Waals surface area contributed by atoms with Gasteiger partial charge in [0.15, 0.2) is 0 Å². The molecule has 1 aromatic heterocycles. The number of ether oxygens (including phenoxy) is 1. The van der Waals surface area contributed by atoms with Crippen molar-refractivity contribution in [3.8, 4) is 11.8 Å². The van der Waals surface area contributed by atoms with Crippen LogP contribution in [0.1, 0.15) is 15.2 Å². The van der Waals surface area contributed by atoms with E-state index in [0.29, 0.717) is 10.2 Å². The lowest BCUT2D eigenvalue weighted by Crippen LogP contribution is -1.99. The van der Waals surface area contributed by atoms with Crippen LogP contribution in [0.5, 0.6) is 0 Å². The van der Waals surface area contributed by atoms with Crippen molar-refractivity contribution < 1.29 is 9.53 Å². The molecular formula is C9H7BrO2S. The van der Waals surface area contributed by atoms with Crippen LogP contribution < -0.4 is 0 Å². The summed E-state index contributed by atoms with van der Waals surface area (Å²) in [7, 11) is 1.36. The van der Waals surface area contributed by atoms with Gasteiger partial charge in [0.2, 0.25) is 0 Å². The van der Waals surface area contributed by atoms with Gasteiger partial charge in [0.05, 0.1) is 12.4 Å². The minimum absolute atomic E-state index is 0.325. The summed E-state index contributed by atoms with van der Waals surface area (Å²) in [6, 6.07) is 1.81. The van der Waals surface area contributed by atoms with Crippen molar-refractivity contribution in [2.45, 2.75) is 0 Å².